The molecule has 2 saturated carbocycles. The molecule has 2 heterocycles. The van der Waals surface area contributed by atoms with E-state index in [4.69, 9.17) is 9.47 Å². The molecule has 0 bridgehead atoms. The third-order valence-corrected chi connectivity index (χ3v) is 8.78. The SMILES string of the molecule is CC(C)(C)[C@H](NC(=O)COC1CC1)C(=O)N1C[C@H]2[C@@H]([C@H]1C(=O)N[C@H](C#N)C[C@@H]1Oc3ccccc3NC1=O)C2(C)C. The van der Waals surface area contributed by atoms with Gasteiger partial charge < -0.3 is 30.3 Å². The fourth-order valence-corrected chi connectivity index (χ4v) is 6.12. The first kappa shape index (κ1) is 28.9. The van der Waals surface area contributed by atoms with Crippen LogP contribution in [-0.2, 0) is 23.9 Å². The van der Waals surface area contributed by atoms with Gasteiger partial charge in [-0.1, -0.05) is 46.8 Å². The molecular formula is C30H39N5O6. The molecule has 0 unspecified atom stereocenters. The molecule has 4 aliphatic rings. The second-order valence-corrected chi connectivity index (χ2v) is 13.3. The highest BCUT2D eigenvalue weighted by molar-refractivity contribution is 5.98. The van der Waals surface area contributed by atoms with Gasteiger partial charge in [0.1, 0.15) is 30.5 Å². The summed E-state index contributed by atoms with van der Waals surface area (Å²) in [6, 6.07) is 6.40. The van der Waals surface area contributed by atoms with E-state index in [0.29, 0.717) is 18.0 Å². The third kappa shape index (κ3) is 5.89. The van der Waals surface area contributed by atoms with Crippen molar-refractivity contribution in [3.05, 3.63) is 24.3 Å². The van der Waals surface area contributed by atoms with Gasteiger partial charge in [-0.05, 0) is 47.6 Å². The lowest BCUT2D eigenvalue weighted by atomic mass is 9.85. The number of hydrogen-bond donors (Lipinski definition) is 3. The molecule has 3 fully saturated rings. The smallest absolute Gasteiger partial charge is 0.265 e. The van der Waals surface area contributed by atoms with E-state index < -0.39 is 41.5 Å². The second-order valence-electron chi connectivity index (χ2n) is 13.3. The first-order chi connectivity index (χ1) is 19.3. The van der Waals surface area contributed by atoms with E-state index in [1.807, 2.05) is 20.8 Å². The number of anilines is 1. The Morgan fingerprint density at radius 2 is 1.93 bits per heavy atom. The molecule has 1 aromatic rings. The van der Waals surface area contributed by atoms with Crippen LogP contribution in [0.4, 0.5) is 5.69 Å². The van der Waals surface area contributed by atoms with E-state index in [1.54, 1.807) is 29.2 Å². The molecule has 11 nitrogen and oxygen atoms in total. The Balaban J connectivity index is 1.28. The zero-order valence-corrected chi connectivity index (χ0v) is 24.2. The fourth-order valence-electron chi connectivity index (χ4n) is 6.12. The molecular weight excluding hydrogens is 526 g/mol. The van der Waals surface area contributed by atoms with E-state index in [2.05, 4.69) is 35.9 Å². The molecule has 1 saturated heterocycles. The molecule has 2 aliphatic carbocycles. The number of carbonyl (C=O) groups excluding carboxylic acids is 4. The van der Waals surface area contributed by atoms with E-state index in [9.17, 15) is 24.4 Å². The zero-order valence-electron chi connectivity index (χ0n) is 24.2. The van der Waals surface area contributed by atoms with Gasteiger partial charge in [-0.25, -0.2) is 0 Å². The number of carbonyl (C=O) groups is 4. The lowest BCUT2D eigenvalue weighted by molar-refractivity contribution is -0.146. The molecule has 6 atom stereocenters. The molecule has 0 spiro atoms. The number of nitrogens with one attached hydrogen (secondary N) is 3. The molecule has 3 N–H and O–H groups in total. The highest BCUT2D eigenvalue weighted by atomic mass is 16.5. The fraction of sp³-hybridized carbons (Fsp3) is 0.633. The molecule has 220 valence electrons. The average Bonchev–Trinajstić information content (AvgIpc) is 3.77. The Labute approximate surface area is 240 Å². The maximum Gasteiger partial charge on any atom is 0.265 e. The number of nitrogens with zero attached hydrogens (tertiary/aromatic N) is 2. The number of rotatable bonds is 9. The largest absolute Gasteiger partial charge is 0.478 e. The summed E-state index contributed by atoms with van der Waals surface area (Å²) in [4.78, 5) is 54.5. The zero-order chi connectivity index (χ0) is 29.7. The lowest BCUT2D eigenvalue weighted by Crippen LogP contribution is -2.60. The summed E-state index contributed by atoms with van der Waals surface area (Å²) in [5.74, 6) is -1.01. The Hall–Kier alpha value is -3.65. The van der Waals surface area contributed by atoms with E-state index >= 15 is 0 Å². The van der Waals surface area contributed by atoms with E-state index in [0.717, 1.165) is 12.8 Å². The van der Waals surface area contributed by atoms with Crippen LogP contribution in [0.15, 0.2) is 24.3 Å². The number of hydrogen-bond acceptors (Lipinski definition) is 7. The highest BCUT2D eigenvalue weighted by Gasteiger charge is 2.69. The maximum absolute atomic E-state index is 14.0. The van der Waals surface area contributed by atoms with Crippen molar-refractivity contribution in [2.45, 2.75) is 84.2 Å². The van der Waals surface area contributed by atoms with Gasteiger partial charge in [0.15, 0.2) is 6.10 Å². The Morgan fingerprint density at radius 3 is 2.59 bits per heavy atom. The van der Waals surface area contributed by atoms with Crippen LogP contribution in [0.2, 0.25) is 0 Å². The van der Waals surface area contributed by atoms with Crippen LogP contribution in [0, 0.1) is 34.0 Å². The van der Waals surface area contributed by atoms with Gasteiger partial charge in [0.2, 0.25) is 17.7 Å². The van der Waals surface area contributed by atoms with Gasteiger partial charge in [0, 0.05) is 13.0 Å². The van der Waals surface area contributed by atoms with E-state index in [1.165, 1.54) is 0 Å². The summed E-state index contributed by atoms with van der Waals surface area (Å²) >= 11 is 0. The summed E-state index contributed by atoms with van der Waals surface area (Å²) in [7, 11) is 0. The summed E-state index contributed by atoms with van der Waals surface area (Å²) in [6.07, 6.45) is 0.972. The van der Waals surface area contributed by atoms with Crippen LogP contribution in [0.3, 0.4) is 0 Å². The number of ether oxygens (including phenoxy) is 2. The van der Waals surface area contributed by atoms with Crippen molar-refractivity contribution in [3.63, 3.8) is 0 Å². The predicted molar refractivity (Wildman–Crippen MR) is 148 cm³/mol. The Morgan fingerprint density at radius 1 is 1.22 bits per heavy atom. The lowest BCUT2D eigenvalue weighted by Gasteiger charge is -2.38. The summed E-state index contributed by atoms with van der Waals surface area (Å²) in [5.41, 5.74) is -0.212. The average molecular weight is 566 g/mol. The van der Waals surface area contributed by atoms with Crippen molar-refractivity contribution in [1.82, 2.24) is 15.5 Å². The van der Waals surface area contributed by atoms with E-state index in [-0.39, 0.29) is 48.2 Å². The van der Waals surface area contributed by atoms with Crippen molar-refractivity contribution >= 4 is 29.3 Å². The van der Waals surface area contributed by atoms with Gasteiger partial charge in [-0.3, -0.25) is 19.2 Å². The summed E-state index contributed by atoms with van der Waals surface area (Å²) < 4.78 is 11.3. The van der Waals surface area contributed by atoms with Gasteiger partial charge in [0.25, 0.3) is 5.91 Å². The maximum atomic E-state index is 14.0. The van der Waals surface area contributed by atoms with Crippen molar-refractivity contribution in [1.29, 1.82) is 5.26 Å². The van der Waals surface area contributed by atoms with Crippen molar-refractivity contribution in [2.24, 2.45) is 22.7 Å². The first-order valence-corrected chi connectivity index (χ1v) is 14.3. The predicted octanol–water partition coefficient (Wildman–Crippen LogP) is 1.98. The molecule has 0 aromatic heterocycles. The van der Waals surface area contributed by atoms with Gasteiger partial charge in [0.05, 0.1) is 17.9 Å². The van der Waals surface area contributed by atoms with Crippen molar-refractivity contribution < 1.29 is 28.7 Å². The quantitative estimate of drug-likeness (QED) is 0.414. The minimum Gasteiger partial charge on any atom is -0.478 e. The summed E-state index contributed by atoms with van der Waals surface area (Å²) in [5, 5.41) is 18.3. The van der Waals surface area contributed by atoms with Crippen LogP contribution in [0.1, 0.15) is 53.9 Å². The molecule has 2 aliphatic heterocycles. The molecule has 11 heteroatoms. The minimum atomic E-state index is -1.01. The first-order valence-electron chi connectivity index (χ1n) is 14.3. The monoisotopic (exact) mass is 565 g/mol. The minimum absolute atomic E-state index is 0.0533. The number of likely N-dealkylation sites (tertiary alicyclic amines) is 1. The van der Waals surface area contributed by atoms with Gasteiger partial charge >= 0.3 is 0 Å². The van der Waals surface area contributed by atoms with Crippen LogP contribution in [-0.4, -0.2) is 72.0 Å². The number of piperidine rings is 1. The molecule has 5 rings (SSSR count). The van der Waals surface area contributed by atoms with Crippen LogP contribution in [0.25, 0.3) is 0 Å². The standard InChI is InChI=1S/C30H39N5O6/c1-29(2,3)25(34-22(36)15-40-17-10-11-17)28(39)35-14-18-23(30(18,4)5)24(35)27(38)32-16(13-31)12-21-26(37)33-19-8-6-7-9-20(19)41-21/h6-9,16-18,21,23-25H,10-12,14-15H2,1-5H3,(H,32,38)(H,33,37)(H,34,36)/t16-,18-,21-,23-,24-,25+/m0/s1. The van der Waals surface area contributed by atoms with Crippen LogP contribution < -0.4 is 20.7 Å². The highest BCUT2D eigenvalue weighted by Crippen LogP contribution is 2.65. The Kier molecular flexibility index (Phi) is 7.49. The molecule has 4 amide bonds. The number of nitriles is 1. The normalized spacial score (nSPS) is 27.2. The Bertz CT molecular complexity index is 1280. The van der Waals surface area contributed by atoms with Gasteiger partial charge in [-0.2, -0.15) is 5.26 Å². The summed E-state index contributed by atoms with van der Waals surface area (Å²) in [6.45, 7) is 10.0. The molecule has 0 radical (unpaired) electrons. The number of fused-ring (bicyclic) bond motifs is 2. The number of benzene rings is 1. The van der Waals surface area contributed by atoms with Crippen LogP contribution >= 0.6 is 0 Å². The van der Waals surface area contributed by atoms with Crippen molar-refractivity contribution in [2.75, 3.05) is 18.5 Å². The molecule has 41 heavy (non-hydrogen) atoms. The van der Waals surface area contributed by atoms with Gasteiger partial charge in [-0.15, -0.1) is 0 Å². The van der Waals surface area contributed by atoms with Crippen molar-refractivity contribution in [3.8, 4) is 11.8 Å². The number of amides is 4. The third-order valence-electron chi connectivity index (χ3n) is 8.78. The number of para-hydroxylation sites is 2. The second kappa shape index (κ2) is 10.6. The molecule has 1 aromatic carbocycles. The topological polar surface area (TPSA) is 150 Å². The van der Waals surface area contributed by atoms with Crippen LogP contribution in [0.5, 0.6) is 5.75 Å².